The third-order valence-electron chi connectivity index (χ3n) is 2.27. The van der Waals surface area contributed by atoms with Gasteiger partial charge >= 0.3 is 6.09 Å². The van der Waals surface area contributed by atoms with Gasteiger partial charge in [0, 0.05) is 17.8 Å². The average molecular weight is 222 g/mol. The predicted octanol–water partition coefficient (Wildman–Crippen LogP) is 2.43. The summed E-state index contributed by atoms with van der Waals surface area (Å²) >= 11 is 0. The van der Waals surface area contributed by atoms with Crippen molar-refractivity contribution < 1.29 is 9.90 Å². The lowest BCUT2D eigenvalue weighted by Crippen LogP contribution is -2.45. The van der Waals surface area contributed by atoms with Gasteiger partial charge in [-0.3, -0.25) is 4.90 Å². The molecule has 0 atom stereocenters. The largest absolute Gasteiger partial charge is 0.465 e. The lowest BCUT2D eigenvalue weighted by Gasteiger charge is -2.33. The third kappa shape index (κ3) is 2.73. The van der Waals surface area contributed by atoms with E-state index in [2.05, 4.69) is 0 Å². The fourth-order valence-corrected chi connectivity index (χ4v) is 1.61. The number of nitrogens with two attached hydrogens (primary N) is 1. The fraction of sp³-hybridized carbons (Fsp3) is 0.417. The molecule has 4 heteroatoms. The van der Waals surface area contributed by atoms with Crippen LogP contribution in [0.5, 0.6) is 0 Å². The Labute approximate surface area is 95.7 Å². The van der Waals surface area contributed by atoms with Crippen molar-refractivity contribution in [3.8, 4) is 0 Å². The summed E-state index contributed by atoms with van der Waals surface area (Å²) in [4.78, 5) is 12.6. The quantitative estimate of drug-likeness (QED) is 0.807. The van der Waals surface area contributed by atoms with E-state index in [0.717, 1.165) is 5.56 Å². The normalized spacial score (nSPS) is 11.2. The summed E-state index contributed by atoms with van der Waals surface area (Å²) in [6.07, 6.45) is -0.957. The number of benzene rings is 1. The molecule has 0 unspecified atom stereocenters. The summed E-state index contributed by atoms with van der Waals surface area (Å²) < 4.78 is 0. The minimum absolute atomic E-state index is 0.408. The number of amides is 1. The Morgan fingerprint density at radius 1 is 1.44 bits per heavy atom. The van der Waals surface area contributed by atoms with Crippen LogP contribution in [-0.4, -0.2) is 16.7 Å². The molecule has 0 aromatic heterocycles. The van der Waals surface area contributed by atoms with E-state index in [1.165, 1.54) is 4.90 Å². The van der Waals surface area contributed by atoms with Crippen LogP contribution in [0.25, 0.3) is 0 Å². The SMILES string of the molecule is CC(C)(C)N(C(=O)O)c1cccc(CN)c1. The predicted molar refractivity (Wildman–Crippen MR) is 64.6 cm³/mol. The molecule has 0 saturated carbocycles. The maximum Gasteiger partial charge on any atom is 0.412 e. The number of hydrogen-bond acceptors (Lipinski definition) is 2. The summed E-state index contributed by atoms with van der Waals surface area (Å²) in [5.74, 6) is 0. The Balaban J connectivity index is 3.16. The van der Waals surface area contributed by atoms with Crippen LogP contribution in [0.2, 0.25) is 0 Å². The van der Waals surface area contributed by atoms with E-state index in [1.807, 2.05) is 32.9 Å². The molecule has 0 saturated heterocycles. The summed E-state index contributed by atoms with van der Waals surface area (Å²) in [5.41, 5.74) is 6.64. The molecule has 0 aliphatic carbocycles. The highest BCUT2D eigenvalue weighted by molar-refractivity contribution is 5.87. The highest BCUT2D eigenvalue weighted by Gasteiger charge is 2.27. The average Bonchev–Trinajstić information content (AvgIpc) is 2.15. The molecule has 1 rings (SSSR count). The molecule has 3 N–H and O–H groups in total. The number of carbonyl (C=O) groups is 1. The van der Waals surface area contributed by atoms with Gasteiger partial charge in [-0.05, 0) is 38.5 Å². The van der Waals surface area contributed by atoms with Crippen LogP contribution in [0.15, 0.2) is 24.3 Å². The summed E-state index contributed by atoms with van der Waals surface area (Å²) in [7, 11) is 0. The molecule has 4 nitrogen and oxygen atoms in total. The lowest BCUT2D eigenvalue weighted by atomic mass is 10.0. The molecular formula is C12H18N2O2. The number of nitrogens with zero attached hydrogens (tertiary/aromatic N) is 1. The van der Waals surface area contributed by atoms with Crippen molar-refractivity contribution in [2.75, 3.05) is 4.90 Å². The Morgan fingerprint density at radius 3 is 2.50 bits per heavy atom. The van der Waals surface area contributed by atoms with Gasteiger partial charge in [0.15, 0.2) is 0 Å². The van der Waals surface area contributed by atoms with Crippen molar-refractivity contribution in [1.82, 2.24) is 0 Å². The first-order valence-corrected chi connectivity index (χ1v) is 5.18. The van der Waals surface area contributed by atoms with Crippen molar-refractivity contribution >= 4 is 11.8 Å². The van der Waals surface area contributed by atoms with Crippen molar-refractivity contribution in [3.63, 3.8) is 0 Å². The van der Waals surface area contributed by atoms with Gasteiger partial charge in [0.1, 0.15) is 0 Å². The summed E-state index contributed by atoms with van der Waals surface area (Å²) in [6.45, 7) is 5.98. The van der Waals surface area contributed by atoms with Gasteiger partial charge in [-0.2, -0.15) is 0 Å². The van der Waals surface area contributed by atoms with Gasteiger partial charge in [0.2, 0.25) is 0 Å². The molecule has 16 heavy (non-hydrogen) atoms. The van der Waals surface area contributed by atoms with Crippen molar-refractivity contribution in [2.45, 2.75) is 32.9 Å². The zero-order valence-electron chi connectivity index (χ0n) is 9.90. The van der Waals surface area contributed by atoms with Gasteiger partial charge in [-0.25, -0.2) is 4.79 Å². The monoisotopic (exact) mass is 222 g/mol. The topological polar surface area (TPSA) is 66.6 Å². The number of hydrogen-bond donors (Lipinski definition) is 2. The van der Waals surface area contributed by atoms with Crippen LogP contribution in [-0.2, 0) is 6.54 Å². The van der Waals surface area contributed by atoms with Crippen LogP contribution < -0.4 is 10.6 Å². The molecule has 0 radical (unpaired) electrons. The molecular weight excluding hydrogens is 204 g/mol. The van der Waals surface area contributed by atoms with Crippen molar-refractivity contribution in [2.24, 2.45) is 5.73 Å². The van der Waals surface area contributed by atoms with E-state index in [1.54, 1.807) is 12.1 Å². The van der Waals surface area contributed by atoms with Crippen LogP contribution in [0.3, 0.4) is 0 Å². The van der Waals surface area contributed by atoms with Gasteiger partial charge in [-0.1, -0.05) is 12.1 Å². The van der Waals surface area contributed by atoms with E-state index in [9.17, 15) is 9.90 Å². The Hall–Kier alpha value is -1.55. The third-order valence-corrected chi connectivity index (χ3v) is 2.27. The Bertz CT molecular complexity index is 383. The van der Waals surface area contributed by atoms with E-state index >= 15 is 0 Å². The smallest absolute Gasteiger partial charge is 0.412 e. The van der Waals surface area contributed by atoms with Gasteiger partial charge < -0.3 is 10.8 Å². The molecule has 0 spiro atoms. The molecule has 0 aliphatic rings. The number of rotatable bonds is 2. The Morgan fingerprint density at radius 2 is 2.06 bits per heavy atom. The van der Waals surface area contributed by atoms with Crippen LogP contribution >= 0.6 is 0 Å². The van der Waals surface area contributed by atoms with Gasteiger partial charge in [0.05, 0.1) is 0 Å². The van der Waals surface area contributed by atoms with Gasteiger partial charge in [0.25, 0.3) is 0 Å². The molecule has 0 fully saturated rings. The van der Waals surface area contributed by atoms with Crippen LogP contribution in [0.4, 0.5) is 10.5 Å². The Kier molecular flexibility index (Phi) is 3.55. The minimum Gasteiger partial charge on any atom is -0.465 e. The standard InChI is InChI=1S/C12H18N2O2/c1-12(2,3)14(11(15)16)10-6-4-5-9(7-10)8-13/h4-7H,8,13H2,1-3H3,(H,15,16). The zero-order valence-corrected chi connectivity index (χ0v) is 9.90. The maximum atomic E-state index is 11.2. The van der Waals surface area contributed by atoms with E-state index < -0.39 is 11.6 Å². The highest BCUT2D eigenvalue weighted by atomic mass is 16.4. The zero-order chi connectivity index (χ0) is 12.3. The number of carboxylic acid groups (broad SMARTS) is 1. The molecule has 0 heterocycles. The molecule has 1 aromatic carbocycles. The molecule has 88 valence electrons. The maximum absolute atomic E-state index is 11.2. The highest BCUT2D eigenvalue weighted by Crippen LogP contribution is 2.24. The molecule has 1 aromatic rings. The van der Waals surface area contributed by atoms with Crippen LogP contribution in [0, 0.1) is 0 Å². The number of anilines is 1. The van der Waals surface area contributed by atoms with Crippen molar-refractivity contribution in [3.05, 3.63) is 29.8 Å². The molecule has 0 aliphatic heterocycles. The van der Waals surface area contributed by atoms with E-state index in [4.69, 9.17) is 5.73 Å². The molecule has 0 bridgehead atoms. The lowest BCUT2D eigenvalue weighted by molar-refractivity contribution is 0.195. The summed E-state index contributed by atoms with van der Waals surface area (Å²) in [6, 6.07) is 7.28. The molecule has 1 amide bonds. The van der Waals surface area contributed by atoms with Crippen LogP contribution in [0.1, 0.15) is 26.3 Å². The first-order valence-electron chi connectivity index (χ1n) is 5.18. The van der Waals surface area contributed by atoms with E-state index in [-0.39, 0.29) is 0 Å². The second-order valence-corrected chi connectivity index (χ2v) is 4.66. The van der Waals surface area contributed by atoms with Crippen molar-refractivity contribution in [1.29, 1.82) is 0 Å². The first kappa shape index (κ1) is 12.5. The second kappa shape index (κ2) is 4.53. The first-order chi connectivity index (χ1) is 7.36. The minimum atomic E-state index is -0.957. The summed E-state index contributed by atoms with van der Waals surface area (Å²) in [5, 5.41) is 9.22. The fourth-order valence-electron chi connectivity index (χ4n) is 1.61. The van der Waals surface area contributed by atoms with E-state index in [0.29, 0.717) is 12.2 Å². The van der Waals surface area contributed by atoms with Gasteiger partial charge in [-0.15, -0.1) is 0 Å². The second-order valence-electron chi connectivity index (χ2n) is 4.66.